The highest BCUT2D eigenvalue weighted by molar-refractivity contribution is 9.10. The van der Waals surface area contributed by atoms with Crippen LogP contribution >= 0.6 is 15.9 Å². The van der Waals surface area contributed by atoms with Gasteiger partial charge in [0.25, 0.3) is 0 Å². The number of benzene rings is 1. The molecule has 106 valence electrons. The first-order valence-electron chi connectivity index (χ1n) is 6.87. The molecule has 1 heterocycles. The average Bonchev–Trinajstić information content (AvgIpc) is 2.38. The summed E-state index contributed by atoms with van der Waals surface area (Å²) < 4.78 is 1.01. The smallest absolute Gasteiger partial charge is 0.128 e. The minimum Gasteiger partial charge on any atom is -0.359 e. The van der Waals surface area contributed by atoms with Crippen LogP contribution in [0.3, 0.4) is 0 Å². The first-order chi connectivity index (χ1) is 9.47. The maximum atomic E-state index is 4.43. The minimum absolute atomic E-state index is 0.972. The maximum absolute atomic E-state index is 4.43. The number of anilines is 1. The van der Waals surface area contributed by atoms with Gasteiger partial charge in [-0.2, -0.15) is 0 Å². The molecule has 1 aromatic heterocycles. The standard InChI is InChI=1S/C17H21BrN2/c1-12-9-13(2)16(14(3)10-12)7-8-20(4)17-6-5-15(18)11-19-17/h5-6,9-11H,7-8H2,1-4H3. The van der Waals surface area contributed by atoms with Gasteiger partial charge in [-0.25, -0.2) is 4.98 Å². The molecule has 0 N–H and O–H groups in total. The molecule has 2 rings (SSSR count). The topological polar surface area (TPSA) is 16.1 Å². The van der Waals surface area contributed by atoms with E-state index in [0.717, 1.165) is 23.3 Å². The molecule has 0 aliphatic carbocycles. The fraction of sp³-hybridized carbons (Fsp3) is 0.353. The van der Waals surface area contributed by atoms with Gasteiger partial charge in [-0.05, 0) is 71.9 Å². The predicted molar refractivity (Wildman–Crippen MR) is 89.6 cm³/mol. The highest BCUT2D eigenvalue weighted by Crippen LogP contribution is 2.19. The van der Waals surface area contributed by atoms with Crippen molar-refractivity contribution in [3.63, 3.8) is 0 Å². The van der Waals surface area contributed by atoms with Gasteiger partial charge in [-0.3, -0.25) is 0 Å². The highest BCUT2D eigenvalue weighted by atomic mass is 79.9. The quantitative estimate of drug-likeness (QED) is 0.822. The fourth-order valence-corrected chi connectivity index (χ4v) is 2.83. The zero-order valence-electron chi connectivity index (χ0n) is 12.6. The summed E-state index contributed by atoms with van der Waals surface area (Å²) in [6.07, 6.45) is 2.89. The molecule has 0 atom stereocenters. The second-order valence-electron chi connectivity index (χ2n) is 5.38. The van der Waals surface area contributed by atoms with Crippen molar-refractivity contribution in [2.75, 3.05) is 18.5 Å². The van der Waals surface area contributed by atoms with Gasteiger partial charge >= 0.3 is 0 Å². The van der Waals surface area contributed by atoms with Crippen molar-refractivity contribution in [1.29, 1.82) is 0 Å². The molecule has 0 spiro atoms. The third kappa shape index (κ3) is 3.60. The Balaban J connectivity index is 2.07. The van der Waals surface area contributed by atoms with Crippen molar-refractivity contribution in [3.8, 4) is 0 Å². The Bertz CT molecular complexity index is 567. The number of hydrogen-bond donors (Lipinski definition) is 0. The SMILES string of the molecule is Cc1cc(C)c(CCN(C)c2ccc(Br)cn2)c(C)c1. The van der Waals surface area contributed by atoms with E-state index in [4.69, 9.17) is 0 Å². The summed E-state index contributed by atoms with van der Waals surface area (Å²) in [5.74, 6) is 1.01. The number of aromatic nitrogens is 1. The van der Waals surface area contributed by atoms with E-state index in [0.29, 0.717) is 0 Å². The summed E-state index contributed by atoms with van der Waals surface area (Å²) in [6, 6.07) is 8.60. The molecule has 0 aliphatic heterocycles. The molecule has 2 aromatic rings. The van der Waals surface area contributed by atoms with E-state index in [1.165, 1.54) is 22.3 Å². The van der Waals surface area contributed by atoms with Crippen molar-refractivity contribution in [2.24, 2.45) is 0 Å². The Morgan fingerprint density at radius 1 is 1.10 bits per heavy atom. The lowest BCUT2D eigenvalue weighted by molar-refractivity contribution is 0.850. The van der Waals surface area contributed by atoms with E-state index in [2.05, 4.69) is 65.8 Å². The highest BCUT2D eigenvalue weighted by Gasteiger charge is 2.07. The first-order valence-corrected chi connectivity index (χ1v) is 7.66. The van der Waals surface area contributed by atoms with E-state index in [9.17, 15) is 0 Å². The average molecular weight is 333 g/mol. The minimum atomic E-state index is 0.972. The summed E-state index contributed by atoms with van der Waals surface area (Å²) in [6.45, 7) is 7.53. The number of hydrogen-bond acceptors (Lipinski definition) is 2. The van der Waals surface area contributed by atoms with Gasteiger partial charge in [0, 0.05) is 24.3 Å². The van der Waals surface area contributed by atoms with E-state index in [1.807, 2.05) is 18.3 Å². The summed E-state index contributed by atoms with van der Waals surface area (Å²) in [4.78, 5) is 6.63. The molecular weight excluding hydrogens is 312 g/mol. The third-order valence-electron chi connectivity index (χ3n) is 3.64. The summed E-state index contributed by atoms with van der Waals surface area (Å²) >= 11 is 3.42. The van der Waals surface area contributed by atoms with Crippen LogP contribution in [-0.4, -0.2) is 18.6 Å². The normalized spacial score (nSPS) is 10.7. The van der Waals surface area contributed by atoms with Crippen molar-refractivity contribution < 1.29 is 0 Å². The van der Waals surface area contributed by atoms with E-state index in [-0.39, 0.29) is 0 Å². The van der Waals surface area contributed by atoms with Gasteiger partial charge in [0.15, 0.2) is 0 Å². The van der Waals surface area contributed by atoms with Crippen LogP contribution in [0, 0.1) is 20.8 Å². The van der Waals surface area contributed by atoms with Crippen molar-refractivity contribution in [1.82, 2.24) is 4.98 Å². The molecule has 0 fully saturated rings. The Hall–Kier alpha value is -1.35. The molecule has 0 saturated heterocycles. The zero-order chi connectivity index (χ0) is 14.7. The lowest BCUT2D eigenvalue weighted by Crippen LogP contribution is -2.21. The Morgan fingerprint density at radius 2 is 1.75 bits per heavy atom. The number of aryl methyl sites for hydroxylation is 3. The maximum Gasteiger partial charge on any atom is 0.128 e. The van der Waals surface area contributed by atoms with Gasteiger partial charge < -0.3 is 4.90 Å². The van der Waals surface area contributed by atoms with Crippen molar-refractivity contribution >= 4 is 21.7 Å². The van der Waals surface area contributed by atoms with E-state index < -0.39 is 0 Å². The zero-order valence-corrected chi connectivity index (χ0v) is 14.2. The predicted octanol–water partition coefficient (Wildman–Crippen LogP) is 4.45. The number of likely N-dealkylation sites (N-methyl/N-ethyl adjacent to an activating group) is 1. The molecule has 0 saturated carbocycles. The number of rotatable bonds is 4. The van der Waals surface area contributed by atoms with Crippen LogP contribution in [0.5, 0.6) is 0 Å². The van der Waals surface area contributed by atoms with Crippen LogP contribution in [0.25, 0.3) is 0 Å². The lowest BCUT2D eigenvalue weighted by atomic mass is 9.97. The van der Waals surface area contributed by atoms with E-state index in [1.54, 1.807) is 0 Å². The molecular formula is C17H21BrN2. The van der Waals surface area contributed by atoms with Gasteiger partial charge in [0.2, 0.25) is 0 Å². The van der Waals surface area contributed by atoms with Crippen LogP contribution < -0.4 is 4.90 Å². The fourth-order valence-electron chi connectivity index (χ4n) is 2.59. The summed E-state index contributed by atoms with van der Waals surface area (Å²) in [5, 5.41) is 0. The Morgan fingerprint density at radius 3 is 2.30 bits per heavy atom. The molecule has 1 aromatic carbocycles. The summed E-state index contributed by atoms with van der Waals surface area (Å²) in [5.41, 5.74) is 5.57. The monoisotopic (exact) mass is 332 g/mol. The number of nitrogens with zero attached hydrogens (tertiary/aromatic N) is 2. The molecule has 20 heavy (non-hydrogen) atoms. The molecule has 0 bridgehead atoms. The second-order valence-corrected chi connectivity index (χ2v) is 6.30. The van der Waals surface area contributed by atoms with Crippen LogP contribution in [0.2, 0.25) is 0 Å². The number of halogens is 1. The largest absolute Gasteiger partial charge is 0.359 e. The van der Waals surface area contributed by atoms with Gasteiger partial charge in [-0.1, -0.05) is 17.7 Å². The van der Waals surface area contributed by atoms with Crippen LogP contribution in [0.4, 0.5) is 5.82 Å². The number of pyridine rings is 1. The van der Waals surface area contributed by atoms with E-state index >= 15 is 0 Å². The molecule has 0 aliphatic rings. The van der Waals surface area contributed by atoms with Crippen molar-refractivity contribution in [2.45, 2.75) is 27.2 Å². The van der Waals surface area contributed by atoms with Crippen LogP contribution in [0.15, 0.2) is 34.9 Å². The van der Waals surface area contributed by atoms with Crippen LogP contribution in [-0.2, 0) is 6.42 Å². The Labute approximate surface area is 130 Å². The Kier molecular flexibility index (Phi) is 4.81. The first kappa shape index (κ1) is 15.0. The van der Waals surface area contributed by atoms with Gasteiger partial charge in [-0.15, -0.1) is 0 Å². The lowest BCUT2D eigenvalue weighted by Gasteiger charge is -2.20. The third-order valence-corrected chi connectivity index (χ3v) is 4.11. The molecule has 2 nitrogen and oxygen atoms in total. The summed E-state index contributed by atoms with van der Waals surface area (Å²) in [7, 11) is 2.09. The van der Waals surface area contributed by atoms with Crippen molar-refractivity contribution in [3.05, 3.63) is 57.2 Å². The second kappa shape index (κ2) is 6.40. The molecule has 0 amide bonds. The molecule has 3 heteroatoms. The molecule has 0 unspecified atom stereocenters. The van der Waals surface area contributed by atoms with Crippen LogP contribution in [0.1, 0.15) is 22.3 Å². The van der Waals surface area contributed by atoms with Gasteiger partial charge in [0.1, 0.15) is 5.82 Å². The van der Waals surface area contributed by atoms with Gasteiger partial charge in [0.05, 0.1) is 0 Å². The molecule has 0 radical (unpaired) electrons.